The van der Waals surface area contributed by atoms with Crippen molar-refractivity contribution in [2.75, 3.05) is 23.0 Å². The van der Waals surface area contributed by atoms with Crippen LogP contribution in [0.25, 0.3) is 16.6 Å². The number of carbonyl (C=O) groups is 2. The molecule has 0 fully saturated rings. The molecule has 9 nitrogen and oxygen atoms in total. The highest BCUT2D eigenvalue weighted by Crippen LogP contribution is 2.33. The van der Waals surface area contributed by atoms with Gasteiger partial charge in [0.2, 0.25) is 0 Å². The fourth-order valence-electron chi connectivity index (χ4n) is 3.96. The number of esters is 1. The average molecular weight is 473 g/mol. The fraction of sp³-hybridized carbons (Fsp3) is 0.231. The van der Waals surface area contributed by atoms with Crippen LogP contribution in [-0.2, 0) is 11.2 Å². The van der Waals surface area contributed by atoms with Crippen molar-refractivity contribution in [2.45, 2.75) is 27.2 Å². The van der Waals surface area contributed by atoms with Crippen molar-refractivity contribution in [3.8, 4) is 11.1 Å². The van der Waals surface area contributed by atoms with E-state index >= 15 is 0 Å². The van der Waals surface area contributed by atoms with Crippen LogP contribution >= 0.6 is 0 Å². The van der Waals surface area contributed by atoms with Crippen molar-refractivity contribution in [1.29, 1.82) is 0 Å². The molecule has 0 saturated carbocycles. The number of carbonyl (C=O) groups excluding carboxylic acids is 2. The summed E-state index contributed by atoms with van der Waals surface area (Å²) >= 11 is 0. The first-order valence-corrected chi connectivity index (χ1v) is 11.4. The van der Waals surface area contributed by atoms with Crippen molar-refractivity contribution in [3.63, 3.8) is 0 Å². The second-order valence-electron chi connectivity index (χ2n) is 8.49. The van der Waals surface area contributed by atoms with Gasteiger partial charge in [0.25, 0.3) is 0 Å². The van der Waals surface area contributed by atoms with Crippen LogP contribution in [0.15, 0.2) is 61.1 Å². The van der Waals surface area contributed by atoms with Gasteiger partial charge in [-0.15, -0.1) is 0 Å². The Bertz CT molecular complexity index is 1360. The molecule has 0 aliphatic carbocycles. The van der Waals surface area contributed by atoms with Gasteiger partial charge in [-0.25, -0.2) is 19.1 Å². The lowest BCUT2D eigenvalue weighted by Gasteiger charge is -2.13. The van der Waals surface area contributed by atoms with Gasteiger partial charge in [-0.05, 0) is 48.6 Å². The van der Waals surface area contributed by atoms with Gasteiger partial charge in [-0.2, -0.15) is 5.10 Å². The number of nitrogens with zero attached hydrogens (tertiary/aromatic N) is 3. The molecular formula is C26H28N6O3. The van der Waals surface area contributed by atoms with Crippen molar-refractivity contribution in [2.24, 2.45) is 5.92 Å². The van der Waals surface area contributed by atoms with Crippen LogP contribution in [0.4, 0.5) is 22.0 Å². The van der Waals surface area contributed by atoms with Crippen molar-refractivity contribution >= 4 is 34.7 Å². The molecule has 0 bridgehead atoms. The molecule has 180 valence electrons. The predicted molar refractivity (Wildman–Crippen MR) is 136 cm³/mol. The van der Waals surface area contributed by atoms with Crippen LogP contribution in [0.1, 0.15) is 36.7 Å². The summed E-state index contributed by atoms with van der Waals surface area (Å²) in [4.78, 5) is 29.3. The predicted octanol–water partition coefficient (Wildman–Crippen LogP) is 5.00. The molecule has 4 N–H and O–H groups in total. The Labute approximate surface area is 203 Å². The lowest BCUT2D eigenvalue weighted by atomic mass is 10.0. The first-order valence-electron chi connectivity index (χ1n) is 11.4. The Kier molecular flexibility index (Phi) is 6.96. The number of hydrogen-bond acceptors (Lipinski definition) is 6. The summed E-state index contributed by atoms with van der Waals surface area (Å²) in [6.07, 6.45) is 3.77. The lowest BCUT2D eigenvalue weighted by molar-refractivity contribution is 0.0527. The first kappa shape index (κ1) is 23.7. The van der Waals surface area contributed by atoms with E-state index in [0.717, 1.165) is 17.7 Å². The van der Waals surface area contributed by atoms with Gasteiger partial charge in [0, 0.05) is 23.1 Å². The smallest absolute Gasteiger partial charge is 0.340 e. The zero-order valence-electron chi connectivity index (χ0n) is 19.9. The Morgan fingerprint density at radius 3 is 2.54 bits per heavy atom. The topological polar surface area (TPSA) is 124 Å². The van der Waals surface area contributed by atoms with Gasteiger partial charge >= 0.3 is 12.0 Å². The van der Waals surface area contributed by atoms with Crippen molar-refractivity contribution < 1.29 is 14.3 Å². The molecule has 4 rings (SSSR count). The van der Waals surface area contributed by atoms with Crippen LogP contribution in [0.3, 0.4) is 0 Å². The largest absolute Gasteiger partial charge is 0.462 e. The number of urea groups is 1. The van der Waals surface area contributed by atoms with E-state index in [1.165, 1.54) is 10.8 Å². The van der Waals surface area contributed by atoms with Crippen LogP contribution in [-0.4, -0.2) is 33.2 Å². The SMILES string of the molecule is CCOC(=O)c1cn2ncnc(N)c2c1-c1ccc(NC(=O)Nc2ccccc2CC(C)C)cc1. The van der Waals surface area contributed by atoms with Crippen molar-refractivity contribution in [3.05, 3.63) is 72.2 Å². The lowest BCUT2D eigenvalue weighted by Crippen LogP contribution is -2.20. The summed E-state index contributed by atoms with van der Waals surface area (Å²) < 4.78 is 6.73. The number of nitrogens with one attached hydrogen (secondary N) is 2. The zero-order valence-corrected chi connectivity index (χ0v) is 19.9. The molecule has 0 aliphatic heterocycles. The standard InChI is InChI=1S/C26H28N6O3/c1-4-35-25(33)20-14-32-23(24(27)28-15-29-32)22(20)17-9-11-19(12-10-17)30-26(34)31-21-8-6-5-7-18(21)13-16(2)3/h5-12,14-16H,4,13H2,1-3H3,(H2,27,28,29)(H2,30,31,34). The van der Waals surface area contributed by atoms with E-state index in [4.69, 9.17) is 10.5 Å². The number of fused-ring (bicyclic) bond motifs is 1. The molecule has 2 amide bonds. The Morgan fingerprint density at radius 2 is 1.83 bits per heavy atom. The molecule has 0 spiro atoms. The quantitative estimate of drug-likeness (QED) is 0.325. The van der Waals surface area contributed by atoms with E-state index in [0.29, 0.717) is 33.8 Å². The number of aromatic nitrogens is 3. The summed E-state index contributed by atoms with van der Waals surface area (Å²) in [5, 5.41) is 9.95. The molecule has 35 heavy (non-hydrogen) atoms. The number of ether oxygens (including phenoxy) is 1. The maximum Gasteiger partial charge on any atom is 0.340 e. The molecule has 0 saturated heterocycles. The highest BCUT2D eigenvalue weighted by Gasteiger charge is 2.22. The summed E-state index contributed by atoms with van der Waals surface area (Å²) in [5.74, 6) is 0.235. The number of anilines is 3. The molecule has 2 aromatic heterocycles. The molecular weight excluding hydrogens is 444 g/mol. The van der Waals surface area contributed by atoms with Crippen LogP contribution in [0, 0.1) is 5.92 Å². The highest BCUT2D eigenvalue weighted by atomic mass is 16.5. The Hall–Kier alpha value is -4.40. The molecule has 2 heterocycles. The van der Waals surface area contributed by atoms with Crippen molar-refractivity contribution in [1.82, 2.24) is 14.6 Å². The molecule has 0 unspecified atom stereocenters. The van der Waals surface area contributed by atoms with Crippen LogP contribution in [0.5, 0.6) is 0 Å². The second-order valence-corrected chi connectivity index (χ2v) is 8.49. The minimum absolute atomic E-state index is 0.240. The third-order valence-corrected chi connectivity index (χ3v) is 5.42. The Balaban J connectivity index is 1.58. The first-order chi connectivity index (χ1) is 16.9. The number of benzene rings is 2. The molecule has 0 atom stereocenters. The number of nitrogen functional groups attached to an aromatic ring is 1. The Morgan fingerprint density at radius 1 is 1.09 bits per heavy atom. The van der Waals surface area contributed by atoms with E-state index in [1.54, 1.807) is 37.4 Å². The van der Waals surface area contributed by atoms with Gasteiger partial charge in [-0.3, -0.25) is 0 Å². The summed E-state index contributed by atoms with van der Waals surface area (Å²) in [6.45, 7) is 6.26. The summed E-state index contributed by atoms with van der Waals surface area (Å²) in [6, 6.07) is 14.5. The summed E-state index contributed by atoms with van der Waals surface area (Å²) in [5.41, 5.74) is 10.7. The van der Waals surface area contributed by atoms with E-state index < -0.39 is 5.97 Å². The van der Waals surface area contributed by atoms with Gasteiger partial charge in [0.1, 0.15) is 11.8 Å². The molecule has 4 aromatic rings. The van der Waals surface area contributed by atoms with E-state index in [1.807, 2.05) is 24.3 Å². The number of para-hydroxylation sites is 1. The maximum absolute atomic E-state index is 12.6. The number of hydrogen-bond donors (Lipinski definition) is 3. The van der Waals surface area contributed by atoms with Crippen LogP contribution < -0.4 is 16.4 Å². The third kappa shape index (κ3) is 5.24. The zero-order chi connectivity index (χ0) is 24.9. The fourth-order valence-corrected chi connectivity index (χ4v) is 3.96. The molecule has 9 heteroatoms. The normalized spacial score (nSPS) is 11.0. The monoisotopic (exact) mass is 472 g/mol. The summed E-state index contributed by atoms with van der Waals surface area (Å²) in [7, 11) is 0. The third-order valence-electron chi connectivity index (χ3n) is 5.42. The minimum atomic E-state index is -0.478. The highest BCUT2D eigenvalue weighted by molar-refractivity contribution is 6.05. The average Bonchev–Trinajstić information content (AvgIpc) is 3.22. The van der Waals surface area contributed by atoms with Gasteiger partial charge < -0.3 is 21.1 Å². The molecule has 0 aliphatic rings. The molecule has 0 radical (unpaired) electrons. The number of nitrogens with two attached hydrogens (primary N) is 1. The van der Waals surface area contributed by atoms with Gasteiger partial charge in [0.15, 0.2) is 5.82 Å². The number of amides is 2. The maximum atomic E-state index is 12.6. The van der Waals surface area contributed by atoms with E-state index in [9.17, 15) is 9.59 Å². The van der Waals surface area contributed by atoms with E-state index in [2.05, 4.69) is 34.6 Å². The second kappa shape index (κ2) is 10.3. The van der Waals surface area contributed by atoms with Gasteiger partial charge in [-0.1, -0.05) is 44.2 Å². The minimum Gasteiger partial charge on any atom is -0.462 e. The number of rotatable bonds is 7. The van der Waals surface area contributed by atoms with Gasteiger partial charge in [0.05, 0.1) is 12.2 Å². The van der Waals surface area contributed by atoms with E-state index in [-0.39, 0.29) is 18.5 Å². The van der Waals surface area contributed by atoms with Crippen LogP contribution in [0.2, 0.25) is 0 Å². The molecule has 2 aromatic carbocycles.